The third-order valence-corrected chi connectivity index (χ3v) is 6.02. The molecule has 1 aliphatic heterocycles. The van der Waals surface area contributed by atoms with E-state index in [0.29, 0.717) is 17.1 Å². The number of ether oxygens (including phenoxy) is 1. The molecule has 8 nitrogen and oxygen atoms in total. The monoisotopic (exact) mass is 421 g/mol. The molecule has 2 atom stereocenters. The minimum Gasteiger partial charge on any atom is -0.454 e. The summed E-state index contributed by atoms with van der Waals surface area (Å²) >= 11 is 6.01. The van der Waals surface area contributed by atoms with Crippen LogP contribution in [-0.4, -0.2) is 47.4 Å². The normalized spacial score (nSPS) is 23.8. The third kappa shape index (κ3) is 4.37. The summed E-state index contributed by atoms with van der Waals surface area (Å²) in [4.78, 5) is 50.0. The van der Waals surface area contributed by atoms with Crippen LogP contribution in [0.1, 0.15) is 38.2 Å². The van der Waals surface area contributed by atoms with E-state index in [0.717, 1.165) is 29.7 Å². The summed E-state index contributed by atoms with van der Waals surface area (Å²) in [6.07, 6.45) is 3.26. The summed E-state index contributed by atoms with van der Waals surface area (Å²) < 4.78 is 4.93. The highest BCUT2D eigenvalue weighted by Gasteiger charge is 2.55. The fourth-order valence-corrected chi connectivity index (χ4v) is 4.01. The summed E-state index contributed by atoms with van der Waals surface area (Å²) in [5, 5.41) is 5.84. The van der Waals surface area contributed by atoms with E-state index in [2.05, 4.69) is 10.6 Å². The number of amides is 4. The molecule has 1 aliphatic carbocycles. The summed E-state index contributed by atoms with van der Waals surface area (Å²) in [6, 6.07) is 4.43. The van der Waals surface area contributed by atoms with Gasteiger partial charge >= 0.3 is 12.0 Å². The van der Waals surface area contributed by atoms with Crippen molar-refractivity contribution in [2.45, 2.75) is 45.1 Å². The van der Waals surface area contributed by atoms with Gasteiger partial charge in [-0.2, -0.15) is 0 Å². The lowest BCUT2D eigenvalue weighted by Crippen LogP contribution is -2.54. The Hall–Kier alpha value is -2.61. The average Bonchev–Trinajstić information content (AvgIpc) is 2.90. The van der Waals surface area contributed by atoms with Gasteiger partial charge in [0.05, 0.1) is 0 Å². The highest BCUT2D eigenvalue weighted by atomic mass is 35.5. The number of nitrogens with zero attached hydrogens (tertiary/aromatic N) is 1. The number of hydrogen-bond donors (Lipinski definition) is 2. The van der Waals surface area contributed by atoms with E-state index >= 15 is 0 Å². The molecule has 2 N–H and O–H groups in total. The lowest BCUT2D eigenvalue weighted by atomic mass is 9.73. The molecule has 0 radical (unpaired) electrons. The van der Waals surface area contributed by atoms with E-state index in [4.69, 9.17) is 16.3 Å². The number of rotatable bonds is 5. The summed E-state index contributed by atoms with van der Waals surface area (Å²) in [7, 11) is 0. The first kappa shape index (κ1) is 21.1. The number of urea groups is 1. The number of hydrogen-bond acceptors (Lipinski definition) is 5. The quantitative estimate of drug-likeness (QED) is 0.561. The molecule has 1 saturated heterocycles. The van der Waals surface area contributed by atoms with Gasteiger partial charge < -0.3 is 15.4 Å². The van der Waals surface area contributed by atoms with Crippen molar-refractivity contribution < 1.29 is 23.9 Å². The Kier molecular flexibility index (Phi) is 6.12. The predicted octanol–water partition coefficient (Wildman–Crippen LogP) is 2.63. The Morgan fingerprint density at radius 3 is 2.79 bits per heavy atom. The first-order valence-corrected chi connectivity index (χ1v) is 9.96. The van der Waals surface area contributed by atoms with Gasteiger partial charge in [-0.3, -0.25) is 19.3 Å². The molecule has 4 amide bonds. The van der Waals surface area contributed by atoms with Crippen molar-refractivity contribution in [1.29, 1.82) is 0 Å². The van der Waals surface area contributed by atoms with E-state index < -0.39 is 42.5 Å². The number of aryl methyl sites for hydroxylation is 1. The molecule has 1 spiro atoms. The highest BCUT2D eigenvalue weighted by molar-refractivity contribution is 6.31. The zero-order valence-corrected chi connectivity index (χ0v) is 17.2. The number of benzene rings is 1. The topological polar surface area (TPSA) is 105 Å². The zero-order chi connectivity index (χ0) is 21.2. The van der Waals surface area contributed by atoms with Crippen LogP contribution in [-0.2, 0) is 19.1 Å². The van der Waals surface area contributed by atoms with Crippen LogP contribution in [0.5, 0.6) is 0 Å². The fraction of sp³-hybridized carbons (Fsp3) is 0.500. The van der Waals surface area contributed by atoms with E-state index in [9.17, 15) is 19.2 Å². The number of anilines is 1. The van der Waals surface area contributed by atoms with E-state index in [1.54, 1.807) is 18.2 Å². The first-order chi connectivity index (χ1) is 13.7. The molecule has 29 heavy (non-hydrogen) atoms. The van der Waals surface area contributed by atoms with Crippen molar-refractivity contribution in [3.05, 3.63) is 28.8 Å². The molecular weight excluding hydrogens is 398 g/mol. The maximum atomic E-state index is 12.8. The van der Waals surface area contributed by atoms with Gasteiger partial charge in [-0.05, 0) is 43.4 Å². The first-order valence-electron chi connectivity index (χ1n) is 9.58. The van der Waals surface area contributed by atoms with Crippen molar-refractivity contribution in [1.82, 2.24) is 10.2 Å². The Labute approximate surface area is 173 Å². The van der Waals surface area contributed by atoms with E-state index in [-0.39, 0.29) is 5.92 Å². The van der Waals surface area contributed by atoms with Crippen molar-refractivity contribution in [2.24, 2.45) is 5.92 Å². The van der Waals surface area contributed by atoms with Crippen LogP contribution in [0.25, 0.3) is 0 Å². The maximum absolute atomic E-state index is 12.8. The second-order valence-electron chi connectivity index (χ2n) is 7.61. The molecule has 3 rings (SSSR count). The molecule has 156 valence electrons. The van der Waals surface area contributed by atoms with Gasteiger partial charge in [0.1, 0.15) is 12.1 Å². The third-order valence-electron chi connectivity index (χ3n) is 5.61. The molecule has 1 aromatic carbocycles. The van der Waals surface area contributed by atoms with Crippen molar-refractivity contribution >= 4 is 41.1 Å². The van der Waals surface area contributed by atoms with Gasteiger partial charge in [-0.25, -0.2) is 4.79 Å². The van der Waals surface area contributed by atoms with Gasteiger partial charge in [-0.1, -0.05) is 37.4 Å². The number of nitrogens with one attached hydrogen (secondary N) is 2. The van der Waals surface area contributed by atoms with Gasteiger partial charge in [0.15, 0.2) is 6.61 Å². The van der Waals surface area contributed by atoms with Crippen LogP contribution >= 0.6 is 11.6 Å². The summed E-state index contributed by atoms with van der Waals surface area (Å²) in [5.41, 5.74) is 0.413. The summed E-state index contributed by atoms with van der Waals surface area (Å²) in [5.74, 6) is -1.77. The molecule has 2 aliphatic rings. The minimum absolute atomic E-state index is 0.000770. The van der Waals surface area contributed by atoms with Crippen molar-refractivity contribution in [2.75, 3.05) is 18.5 Å². The predicted molar refractivity (Wildman–Crippen MR) is 106 cm³/mol. The van der Waals surface area contributed by atoms with E-state index in [1.165, 1.54) is 0 Å². The van der Waals surface area contributed by atoms with Crippen LogP contribution in [0.15, 0.2) is 18.2 Å². The molecular formula is C20H24ClN3O5. The van der Waals surface area contributed by atoms with Crippen molar-refractivity contribution in [3.63, 3.8) is 0 Å². The zero-order valence-electron chi connectivity index (χ0n) is 16.4. The fourth-order valence-electron chi connectivity index (χ4n) is 3.83. The number of carbonyl (C=O) groups excluding carboxylic acids is 4. The number of esters is 1. The van der Waals surface area contributed by atoms with Crippen LogP contribution in [0.2, 0.25) is 5.02 Å². The van der Waals surface area contributed by atoms with Crippen LogP contribution < -0.4 is 10.6 Å². The molecule has 2 unspecified atom stereocenters. The highest BCUT2D eigenvalue weighted by Crippen LogP contribution is 2.38. The van der Waals surface area contributed by atoms with Crippen molar-refractivity contribution in [3.8, 4) is 0 Å². The van der Waals surface area contributed by atoms with Crippen LogP contribution in [0, 0.1) is 12.8 Å². The van der Waals surface area contributed by atoms with Gasteiger partial charge in [0.2, 0.25) is 0 Å². The number of imide groups is 1. The van der Waals surface area contributed by atoms with Gasteiger partial charge in [0, 0.05) is 10.7 Å². The molecule has 0 aromatic heterocycles. The maximum Gasteiger partial charge on any atom is 0.326 e. The standard InChI is InChI=1S/C20H24ClN3O5/c1-12-6-7-14(9-15(12)21)22-16(25)11-29-17(26)10-24-18(27)20(23-19(24)28)8-4-3-5-13(20)2/h6-7,9,13H,3-5,8,10-11H2,1-2H3,(H,22,25)(H,23,28). The Morgan fingerprint density at radius 1 is 1.34 bits per heavy atom. The number of halogens is 1. The van der Waals surface area contributed by atoms with E-state index in [1.807, 2.05) is 13.8 Å². The second kappa shape index (κ2) is 8.41. The Bertz CT molecular complexity index is 859. The molecule has 9 heteroatoms. The SMILES string of the molecule is Cc1ccc(NC(=O)COC(=O)CN2C(=O)NC3(CCCCC3C)C2=O)cc1Cl. The molecule has 1 heterocycles. The van der Waals surface area contributed by atoms with Gasteiger partial charge in [-0.15, -0.1) is 0 Å². The molecule has 0 bridgehead atoms. The molecule has 2 fully saturated rings. The smallest absolute Gasteiger partial charge is 0.326 e. The van der Waals surface area contributed by atoms with Crippen LogP contribution in [0.4, 0.5) is 10.5 Å². The minimum atomic E-state index is -0.933. The van der Waals surface area contributed by atoms with Crippen LogP contribution in [0.3, 0.4) is 0 Å². The lowest BCUT2D eigenvalue weighted by molar-refractivity contribution is -0.150. The largest absolute Gasteiger partial charge is 0.454 e. The second-order valence-corrected chi connectivity index (χ2v) is 8.02. The number of carbonyl (C=O) groups is 4. The lowest BCUT2D eigenvalue weighted by Gasteiger charge is -2.36. The van der Waals surface area contributed by atoms with Gasteiger partial charge in [0.25, 0.3) is 11.8 Å². The average molecular weight is 422 g/mol. The Morgan fingerprint density at radius 2 is 2.10 bits per heavy atom. The molecule has 1 aromatic rings. The Balaban J connectivity index is 1.52. The summed E-state index contributed by atoms with van der Waals surface area (Å²) in [6.45, 7) is 2.71. The molecule has 1 saturated carbocycles.